The minimum absolute atomic E-state index is 0.0306. The number of nitrogens with zero attached hydrogens (tertiary/aromatic N) is 1. The lowest BCUT2D eigenvalue weighted by atomic mass is 9.85. The van der Waals surface area contributed by atoms with Gasteiger partial charge in [-0.2, -0.15) is 0 Å². The summed E-state index contributed by atoms with van der Waals surface area (Å²) in [7, 11) is 1.54. The number of halogens is 1. The fraction of sp³-hybridized carbons (Fsp3) is 0.333. The van der Waals surface area contributed by atoms with Crippen LogP contribution in [0, 0.1) is 0 Å². The fourth-order valence-electron chi connectivity index (χ4n) is 3.60. The van der Waals surface area contributed by atoms with Gasteiger partial charge in [0.25, 0.3) is 11.7 Å². The number of ether oxygens (including phenoxy) is 1. The van der Waals surface area contributed by atoms with E-state index >= 15 is 0 Å². The molecule has 0 spiro atoms. The van der Waals surface area contributed by atoms with E-state index in [1.807, 2.05) is 24.3 Å². The van der Waals surface area contributed by atoms with Crippen LogP contribution in [0.15, 0.2) is 54.1 Å². The third-order valence-corrected chi connectivity index (χ3v) is 5.50. The monoisotopic (exact) mass is 427 g/mol. The van der Waals surface area contributed by atoms with E-state index in [4.69, 9.17) is 16.3 Å². The van der Waals surface area contributed by atoms with Crippen molar-refractivity contribution in [2.24, 2.45) is 0 Å². The zero-order chi connectivity index (χ0) is 22.1. The molecule has 2 aromatic rings. The molecule has 30 heavy (non-hydrogen) atoms. The van der Waals surface area contributed by atoms with Gasteiger partial charge in [-0.3, -0.25) is 9.59 Å². The summed E-state index contributed by atoms with van der Waals surface area (Å²) < 4.78 is 5.13. The highest BCUT2D eigenvalue weighted by molar-refractivity contribution is 6.46. The molecule has 1 fully saturated rings. The van der Waals surface area contributed by atoms with E-state index in [9.17, 15) is 14.7 Å². The molecule has 6 heteroatoms. The van der Waals surface area contributed by atoms with Crippen LogP contribution in [0.1, 0.15) is 43.5 Å². The van der Waals surface area contributed by atoms with E-state index in [1.165, 1.54) is 12.0 Å². The zero-order valence-corrected chi connectivity index (χ0v) is 18.4. The quantitative estimate of drug-likeness (QED) is 0.426. The van der Waals surface area contributed by atoms with Crippen molar-refractivity contribution in [3.63, 3.8) is 0 Å². The van der Waals surface area contributed by atoms with Crippen LogP contribution in [-0.4, -0.2) is 42.0 Å². The molecular formula is C24H26ClNO4. The Hall–Kier alpha value is -2.63. The Labute approximate surface area is 181 Å². The van der Waals surface area contributed by atoms with Crippen molar-refractivity contribution in [1.29, 1.82) is 0 Å². The van der Waals surface area contributed by atoms with E-state index in [-0.39, 0.29) is 29.9 Å². The summed E-state index contributed by atoms with van der Waals surface area (Å²) in [5, 5.41) is 11.4. The van der Waals surface area contributed by atoms with Crippen molar-refractivity contribution in [3.8, 4) is 0 Å². The topological polar surface area (TPSA) is 66.8 Å². The molecule has 5 nitrogen and oxygen atoms in total. The maximum atomic E-state index is 12.9. The van der Waals surface area contributed by atoms with Gasteiger partial charge in [0, 0.05) is 24.2 Å². The molecule has 1 heterocycles. The van der Waals surface area contributed by atoms with Crippen molar-refractivity contribution in [2.45, 2.75) is 32.2 Å². The van der Waals surface area contributed by atoms with Crippen LogP contribution >= 0.6 is 11.6 Å². The van der Waals surface area contributed by atoms with Crippen molar-refractivity contribution in [1.82, 2.24) is 4.90 Å². The van der Waals surface area contributed by atoms with Crippen LogP contribution in [0.3, 0.4) is 0 Å². The summed E-state index contributed by atoms with van der Waals surface area (Å²) in [5.41, 5.74) is 2.30. The highest BCUT2D eigenvalue weighted by atomic mass is 35.5. The third-order valence-electron chi connectivity index (χ3n) is 5.27. The number of carbonyl (C=O) groups excluding carboxylic acids is 2. The normalized spacial score (nSPS) is 18.8. The maximum absolute atomic E-state index is 12.9. The Morgan fingerprint density at radius 1 is 1.13 bits per heavy atom. The largest absolute Gasteiger partial charge is 0.507 e. The van der Waals surface area contributed by atoms with Crippen LogP contribution in [0.2, 0.25) is 5.02 Å². The smallest absolute Gasteiger partial charge is 0.295 e. The summed E-state index contributed by atoms with van der Waals surface area (Å²) in [4.78, 5) is 27.1. The number of amides is 1. The number of aliphatic hydroxyl groups excluding tert-OH is 1. The molecular weight excluding hydrogens is 402 g/mol. The maximum Gasteiger partial charge on any atom is 0.295 e. The van der Waals surface area contributed by atoms with Crippen LogP contribution < -0.4 is 0 Å². The average molecular weight is 428 g/mol. The third kappa shape index (κ3) is 4.27. The Balaban J connectivity index is 2.15. The number of Topliss-reactive ketones (excluding diaryl/α,β-unsaturated/α-hetero) is 1. The molecule has 1 aliphatic rings. The Morgan fingerprint density at radius 3 is 2.37 bits per heavy atom. The molecule has 1 aliphatic heterocycles. The molecule has 0 bridgehead atoms. The molecule has 0 aliphatic carbocycles. The van der Waals surface area contributed by atoms with E-state index in [0.717, 1.165) is 11.1 Å². The predicted molar refractivity (Wildman–Crippen MR) is 117 cm³/mol. The number of hydrogen-bond acceptors (Lipinski definition) is 4. The number of benzene rings is 2. The Bertz CT molecular complexity index is 989. The summed E-state index contributed by atoms with van der Waals surface area (Å²) in [5.74, 6) is -1.60. The van der Waals surface area contributed by atoms with E-state index in [1.54, 1.807) is 24.3 Å². The molecule has 0 saturated carbocycles. The molecule has 2 aromatic carbocycles. The second-order valence-electron chi connectivity index (χ2n) is 8.37. The number of carbonyl (C=O) groups is 2. The first-order chi connectivity index (χ1) is 14.1. The Morgan fingerprint density at radius 2 is 1.80 bits per heavy atom. The minimum Gasteiger partial charge on any atom is -0.507 e. The second-order valence-corrected chi connectivity index (χ2v) is 8.80. The first kappa shape index (κ1) is 22.1. The predicted octanol–water partition coefficient (Wildman–Crippen LogP) is 4.71. The van der Waals surface area contributed by atoms with E-state index < -0.39 is 17.7 Å². The lowest BCUT2D eigenvalue weighted by molar-refractivity contribution is -0.140. The van der Waals surface area contributed by atoms with Crippen LogP contribution in [0.4, 0.5) is 0 Å². The Kier molecular flexibility index (Phi) is 6.34. The van der Waals surface area contributed by atoms with Gasteiger partial charge in [-0.15, -0.1) is 0 Å². The van der Waals surface area contributed by atoms with Gasteiger partial charge in [0.15, 0.2) is 0 Å². The summed E-state index contributed by atoms with van der Waals surface area (Å²) in [6.45, 7) is 6.86. The van der Waals surface area contributed by atoms with Crippen LogP contribution in [0.5, 0.6) is 0 Å². The van der Waals surface area contributed by atoms with Crippen molar-refractivity contribution < 1.29 is 19.4 Å². The van der Waals surface area contributed by atoms with E-state index in [0.29, 0.717) is 10.6 Å². The number of hydrogen-bond donors (Lipinski definition) is 1. The van der Waals surface area contributed by atoms with Gasteiger partial charge in [-0.25, -0.2) is 0 Å². The molecule has 0 aromatic heterocycles. The summed E-state index contributed by atoms with van der Waals surface area (Å²) in [6.07, 6.45) is 0. The second kappa shape index (κ2) is 8.62. The van der Waals surface area contributed by atoms with Gasteiger partial charge in [0.1, 0.15) is 5.76 Å². The van der Waals surface area contributed by atoms with Gasteiger partial charge in [0.2, 0.25) is 0 Å². The SMILES string of the molecule is COCCN1C(=O)C(=O)/C(=C(\O)c2cccc(Cl)c2)C1c1ccc(C(C)(C)C)cc1. The summed E-state index contributed by atoms with van der Waals surface area (Å²) in [6, 6.07) is 13.7. The lowest BCUT2D eigenvalue weighted by Crippen LogP contribution is -2.32. The highest BCUT2D eigenvalue weighted by Gasteiger charge is 2.45. The van der Waals surface area contributed by atoms with Crippen LogP contribution in [-0.2, 0) is 19.7 Å². The standard InChI is InChI=1S/C24H26ClNO4/c1-24(2,3)17-10-8-15(9-11-17)20-19(21(27)16-6-5-7-18(25)14-16)22(28)23(29)26(20)12-13-30-4/h5-11,14,20,27H,12-13H2,1-4H3/b21-19-. The number of aliphatic hydroxyl groups is 1. The molecule has 3 rings (SSSR count). The zero-order valence-electron chi connectivity index (χ0n) is 17.6. The molecule has 1 unspecified atom stereocenters. The first-order valence-electron chi connectivity index (χ1n) is 9.79. The van der Waals surface area contributed by atoms with Gasteiger partial charge < -0.3 is 14.7 Å². The van der Waals surface area contributed by atoms with Crippen LogP contribution in [0.25, 0.3) is 5.76 Å². The molecule has 1 saturated heterocycles. The van der Waals surface area contributed by atoms with Gasteiger partial charge >= 0.3 is 0 Å². The molecule has 1 N–H and O–H groups in total. The van der Waals surface area contributed by atoms with Crippen molar-refractivity contribution >= 4 is 29.1 Å². The average Bonchev–Trinajstić information content (AvgIpc) is 2.95. The number of likely N-dealkylation sites (tertiary alicyclic amines) is 1. The van der Waals surface area contributed by atoms with Crippen molar-refractivity contribution in [3.05, 3.63) is 75.8 Å². The van der Waals surface area contributed by atoms with Crippen molar-refractivity contribution in [2.75, 3.05) is 20.3 Å². The molecule has 1 atom stereocenters. The van der Waals surface area contributed by atoms with Gasteiger partial charge in [-0.05, 0) is 28.7 Å². The number of ketones is 1. The summed E-state index contributed by atoms with van der Waals surface area (Å²) >= 11 is 6.06. The highest BCUT2D eigenvalue weighted by Crippen LogP contribution is 2.40. The fourth-order valence-corrected chi connectivity index (χ4v) is 3.79. The lowest BCUT2D eigenvalue weighted by Gasteiger charge is -2.26. The van der Waals surface area contributed by atoms with Gasteiger partial charge in [0.05, 0.1) is 18.2 Å². The minimum atomic E-state index is -0.714. The molecule has 1 amide bonds. The first-order valence-corrected chi connectivity index (χ1v) is 10.2. The van der Waals surface area contributed by atoms with E-state index in [2.05, 4.69) is 20.8 Å². The number of methoxy groups -OCH3 is 1. The molecule has 158 valence electrons. The number of rotatable bonds is 5. The van der Waals surface area contributed by atoms with Gasteiger partial charge in [-0.1, -0.05) is 68.8 Å². The molecule has 0 radical (unpaired) electrons.